The Bertz CT molecular complexity index is 316. The average Bonchev–Trinajstić information content (AvgIpc) is 2.15. The van der Waals surface area contributed by atoms with Gasteiger partial charge in [-0.05, 0) is 12.5 Å². The predicted octanol–water partition coefficient (Wildman–Crippen LogP) is 3.07. The second kappa shape index (κ2) is 15.1. The van der Waals surface area contributed by atoms with Crippen LogP contribution in [0.25, 0.3) is 0 Å². The van der Waals surface area contributed by atoms with Gasteiger partial charge in [-0.2, -0.15) is 0 Å². The zero-order valence-corrected chi connectivity index (χ0v) is 9.66. The first-order valence-corrected chi connectivity index (χ1v) is 4.06. The summed E-state index contributed by atoms with van der Waals surface area (Å²) in [5, 5.41) is 0. The summed E-state index contributed by atoms with van der Waals surface area (Å²) in [6, 6.07) is 9.55. The summed E-state index contributed by atoms with van der Waals surface area (Å²) in [6.07, 6.45) is 0. The highest BCUT2D eigenvalue weighted by molar-refractivity contribution is 5.86. The fourth-order valence-corrected chi connectivity index (χ4v) is 0.846. The molecule has 0 aliphatic carbocycles. The van der Waals surface area contributed by atoms with Crippen molar-refractivity contribution in [1.29, 1.82) is 0 Å². The Labute approximate surface area is 101 Å². The number of carbonyl (C=O) groups excluding carboxylic acids is 1. The van der Waals surface area contributed by atoms with Gasteiger partial charge in [-0.15, -0.1) is 0 Å². The number of ether oxygens (including phenoxy) is 1. The van der Waals surface area contributed by atoms with Crippen molar-refractivity contribution in [3.63, 3.8) is 0 Å². The van der Waals surface area contributed by atoms with Crippen LogP contribution in [0.2, 0.25) is 0 Å². The highest BCUT2D eigenvalue weighted by atomic mass is 19.0. The van der Waals surface area contributed by atoms with Gasteiger partial charge in [0.1, 0.15) is 6.61 Å². The van der Waals surface area contributed by atoms with Crippen molar-refractivity contribution in [1.82, 2.24) is 0 Å². The van der Waals surface area contributed by atoms with Crippen LogP contribution in [0.15, 0.2) is 42.5 Å². The summed E-state index contributed by atoms with van der Waals surface area (Å²) < 4.78 is 4.95. The molecule has 0 aliphatic heterocycles. The van der Waals surface area contributed by atoms with Crippen LogP contribution in [0.4, 0.5) is 23.5 Å². The molecule has 0 radical (unpaired) electrons. The number of hydrogen-bond acceptors (Lipinski definition) is 2. The lowest BCUT2D eigenvalue weighted by molar-refractivity contribution is -0.140. The van der Waals surface area contributed by atoms with E-state index in [1.54, 1.807) is 6.92 Å². The van der Waals surface area contributed by atoms with Crippen LogP contribution in [-0.2, 0) is 16.1 Å². The van der Waals surface area contributed by atoms with E-state index >= 15 is 0 Å². The molecule has 18 heavy (non-hydrogen) atoms. The minimum Gasteiger partial charge on any atom is -0.457 e. The lowest BCUT2D eigenvalue weighted by Gasteiger charge is -2.03. The van der Waals surface area contributed by atoms with E-state index in [1.807, 2.05) is 30.3 Å². The summed E-state index contributed by atoms with van der Waals surface area (Å²) in [7, 11) is 0. The number of halogens is 5. The normalized spacial score (nSPS) is 6.72. The summed E-state index contributed by atoms with van der Waals surface area (Å²) in [4.78, 5) is 11.0. The Morgan fingerprint density at radius 1 is 1.06 bits per heavy atom. The van der Waals surface area contributed by atoms with Gasteiger partial charge in [0.2, 0.25) is 0 Å². The third kappa shape index (κ3) is 10.6. The molecule has 2 nitrogen and oxygen atoms in total. The van der Waals surface area contributed by atoms with Crippen molar-refractivity contribution in [3.05, 3.63) is 48.0 Å². The molecule has 0 aliphatic rings. The molecule has 0 amide bonds. The molecule has 1 aromatic rings. The Hall–Kier alpha value is -1.92. The lowest BCUT2D eigenvalue weighted by atomic mass is 10.2. The lowest BCUT2D eigenvalue weighted by Crippen LogP contribution is -2.04. The molecule has 0 saturated heterocycles. The quantitative estimate of drug-likeness (QED) is 0.482. The molecule has 7 heteroatoms. The van der Waals surface area contributed by atoms with Gasteiger partial charge in [-0.25, -0.2) is 4.79 Å². The standard InChI is InChI=1S/C11H12O2.5FH/c1-9(2)11(12)13-8-10-6-4-3-5-7-10;;;;;/h3-7H,1,8H2,2H3;5*1H. The zero-order chi connectivity index (χ0) is 9.68. The van der Waals surface area contributed by atoms with E-state index in [-0.39, 0.29) is 29.5 Å². The van der Waals surface area contributed by atoms with E-state index in [9.17, 15) is 4.79 Å². The number of benzene rings is 1. The Kier molecular flexibility index (Phi) is 25.0. The van der Waals surface area contributed by atoms with E-state index in [1.165, 1.54) is 0 Å². The SMILES string of the molecule is C=C(C)C(=O)OCc1ccccc1.F.F.F.F.F. The average molecular weight is 276 g/mol. The van der Waals surface area contributed by atoms with Gasteiger partial charge < -0.3 is 4.74 Å². The van der Waals surface area contributed by atoms with Crippen molar-refractivity contribution in [3.8, 4) is 0 Å². The van der Waals surface area contributed by atoms with Crippen molar-refractivity contribution in [2.45, 2.75) is 13.5 Å². The van der Waals surface area contributed by atoms with Gasteiger partial charge in [0.25, 0.3) is 0 Å². The molecule has 0 aromatic heterocycles. The first-order valence-electron chi connectivity index (χ1n) is 4.06. The Balaban J connectivity index is -0.000000113. The van der Waals surface area contributed by atoms with E-state index in [4.69, 9.17) is 4.74 Å². The third-order valence-electron chi connectivity index (χ3n) is 1.56. The largest absolute Gasteiger partial charge is 0.457 e. The Morgan fingerprint density at radius 3 is 1.89 bits per heavy atom. The molecule has 108 valence electrons. The van der Waals surface area contributed by atoms with Gasteiger partial charge in [-0.1, -0.05) is 36.9 Å². The Morgan fingerprint density at radius 2 is 1.50 bits per heavy atom. The molecule has 0 unspecified atom stereocenters. The van der Waals surface area contributed by atoms with Gasteiger partial charge in [0.15, 0.2) is 0 Å². The molecule has 0 bridgehead atoms. The smallest absolute Gasteiger partial charge is 0.333 e. The second-order valence-corrected chi connectivity index (χ2v) is 2.84. The highest BCUT2D eigenvalue weighted by Crippen LogP contribution is 2.02. The van der Waals surface area contributed by atoms with Crippen LogP contribution in [0.3, 0.4) is 0 Å². The first-order chi connectivity index (χ1) is 6.20. The summed E-state index contributed by atoms with van der Waals surface area (Å²) in [5.74, 6) is -0.344. The van der Waals surface area contributed by atoms with Crippen LogP contribution >= 0.6 is 0 Å². The molecular weight excluding hydrogens is 259 g/mol. The monoisotopic (exact) mass is 276 g/mol. The van der Waals surface area contributed by atoms with Crippen molar-refractivity contribution in [2.24, 2.45) is 0 Å². The van der Waals surface area contributed by atoms with E-state index in [0.29, 0.717) is 12.2 Å². The summed E-state index contributed by atoms with van der Waals surface area (Å²) >= 11 is 0. The van der Waals surface area contributed by atoms with Crippen molar-refractivity contribution in [2.75, 3.05) is 0 Å². The van der Waals surface area contributed by atoms with Crippen LogP contribution in [0.5, 0.6) is 0 Å². The fraction of sp³-hybridized carbons (Fsp3) is 0.182. The van der Waals surface area contributed by atoms with Crippen LogP contribution < -0.4 is 0 Å². The van der Waals surface area contributed by atoms with Crippen LogP contribution in [0.1, 0.15) is 12.5 Å². The zero-order valence-electron chi connectivity index (χ0n) is 9.66. The fourth-order valence-electron chi connectivity index (χ4n) is 0.846. The number of hydrogen-bond donors (Lipinski definition) is 0. The van der Waals surface area contributed by atoms with Gasteiger partial charge in [0.05, 0.1) is 0 Å². The maximum atomic E-state index is 11.0. The van der Waals surface area contributed by atoms with Crippen molar-refractivity contribution >= 4 is 5.97 Å². The van der Waals surface area contributed by atoms with E-state index in [0.717, 1.165) is 5.56 Å². The summed E-state index contributed by atoms with van der Waals surface area (Å²) in [5.41, 5.74) is 1.41. The highest BCUT2D eigenvalue weighted by Gasteiger charge is 2.02. The molecule has 1 rings (SSSR count). The molecule has 0 spiro atoms. The topological polar surface area (TPSA) is 26.3 Å². The van der Waals surface area contributed by atoms with E-state index < -0.39 is 0 Å². The molecule has 0 fully saturated rings. The van der Waals surface area contributed by atoms with Gasteiger partial charge >= 0.3 is 5.97 Å². The maximum Gasteiger partial charge on any atom is 0.333 e. The molecule has 1 aromatic carbocycles. The van der Waals surface area contributed by atoms with Gasteiger partial charge in [0, 0.05) is 5.57 Å². The second-order valence-electron chi connectivity index (χ2n) is 2.84. The molecule has 0 saturated carbocycles. The van der Waals surface area contributed by atoms with Crippen LogP contribution in [-0.4, -0.2) is 5.97 Å². The maximum absolute atomic E-state index is 11.0. The molecular formula is C11H17F5O2. The van der Waals surface area contributed by atoms with E-state index in [2.05, 4.69) is 6.58 Å². The minimum atomic E-state index is -0.344. The minimum absolute atomic E-state index is 0. The number of carbonyl (C=O) groups is 1. The van der Waals surface area contributed by atoms with Crippen molar-refractivity contribution < 1.29 is 33.1 Å². The summed E-state index contributed by atoms with van der Waals surface area (Å²) in [6.45, 7) is 5.44. The predicted molar refractivity (Wildman–Crippen MR) is 63.6 cm³/mol. The molecule has 0 heterocycles. The molecule has 0 N–H and O–H groups in total. The van der Waals surface area contributed by atoms with Gasteiger partial charge in [-0.3, -0.25) is 23.5 Å². The number of rotatable bonds is 3. The number of esters is 1. The first kappa shape index (κ1) is 29.8. The molecule has 0 atom stereocenters. The van der Waals surface area contributed by atoms with Crippen LogP contribution in [0, 0.1) is 0 Å². The third-order valence-corrected chi connectivity index (χ3v) is 1.56.